The molecule has 1 aliphatic carbocycles. The number of halogens is 3. The van der Waals surface area contributed by atoms with Gasteiger partial charge in [-0.2, -0.15) is 13.2 Å². The Bertz CT molecular complexity index is 1170. The number of hydrogen-bond acceptors (Lipinski definition) is 5. The first-order chi connectivity index (χ1) is 19.2. The van der Waals surface area contributed by atoms with E-state index < -0.39 is 30.3 Å². The van der Waals surface area contributed by atoms with E-state index in [1.807, 2.05) is 47.4 Å². The summed E-state index contributed by atoms with van der Waals surface area (Å²) in [4.78, 5) is 15.4. The molecule has 1 aliphatic heterocycles. The molecule has 6 nitrogen and oxygen atoms in total. The Morgan fingerprint density at radius 2 is 1.73 bits per heavy atom. The molecular weight excluding hydrogens is 517 g/mol. The molecule has 0 aromatic heterocycles. The summed E-state index contributed by atoms with van der Waals surface area (Å²) in [6.07, 6.45) is 0.718. The van der Waals surface area contributed by atoms with Crippen LogP contribution in [0.2, 0.25) is 0 Å². The fourth-order valence-corrected chi connectivity index (χ4v) is 5.29. The highest BCUT2D eigenvalue weighted by atomic mass is 19.4. The van der Waals surface area contributed by atoms with Crippen LogP contribution in [0.25, 0.3) is 0 Å². The third-order valence-electron chi connectivity index (χ3n) is 7.49. The summed E-state index contributed by atoms with van der Waals surface area (Å²) in [5.74, 6) is -2.43. The third-order valence-corrected chi connectivity index (χ3v) is 7.49. The van der Waals surface area contributed by atoms with Crippen LogP contribution in [0.1, 0.15) is 30.4 Å². The molecule has 0 bridgehead atoms. The van der Waals surface area contributed by atoms with E-state index in [4.69, 9.17) is 5.73 Å². The third kappa shape index (κ3) is 7.41. The van der Waals surface area contributed by atoms with Crippen LogP contribution in [-0.4, -0.2) is 60.5 Å². The van der Waals surface area contributed by atoms with Crippen molar-refractivity contribution < 1.29 is 23.1 Å². The van der Waals surface area contributed by atoms with Crippen LogP contribution in [0.3, 0.4) is 0 Å². The molecule has 5 N–H and O–H groups in total. The van der Waals surface area contributed by atoms with Gasteiger partial charge < -0.3 is 21.1 Å². The predicted octanol–water partition coefficient (Wildman–Crippen LogP) is 4.07. The van der Waals surface area contributed by atoms with Gasteiger partial charge in [-0.15, -0.1) is 0 Å². The number of carbonyl (C=O) groups is 1. The summed E-state index contributed by atoms with van der Waals surface area (Å²) < 4.78 is 39.5. The molecule has 0 radical (unpaired) electrons. The fraction of sp³-hybridized carbons (Fsp3) is 0.387. The molecule has 4 rings (SSSR count). The molecule has 3 unspecified atom stereocenters. The van der Waals surface area contributed by atoms with Crippen LogP contribution >= 0.6 is 0 Å². The van der Waals surface area contributed by atoms with E-state index in [-0.39, 0.29) is 18.4 Å². The first-order valence-corrected chi connectivity index (χ1v) is 13.6. The van der Waals surface area contributed by atoms with Gasteiger partial charge >= 0.3 is 6.18 Å². The van der Waals surface area contributed by atoms with Gasteiger partial charge in [-0.25, -0.2) is 0 Å². The van der Waals surface area contributed by atoms with Crippen molar-refractivity contribution >= 4 is 5.91 Å². The van der Waals surface area contributed by atoms with E-state index in [9.17, 15) is 23.1 Å². The monoisotopic (exact) mass is 554 g/mol. The second-order valence-corrected chi connectivity index (χ2v) is 10.4. The Morgan fingerprint density at radius 3 is 2.27 bits per heavy atom. The van der Waals surface area contributed by atoms with Gasteiger partial charge in [0.25, 0.3) is 0 Å². The zero-order valence-electron chi connectivity index (χ0n) is 22.5. The van der Waals surface area contributed by atoms with Gasteiger partial charge in [0.05, 0.1) is 5.92 Å². The number of carbonyl (C=O) groups excluding carboxylic acids is 1. The predicted molar refractivity (Wildman–Crippen MR) is 150 cm³/mol. The molecule has 4 atom stereocenters. The summed E-state index contributed by atoms with van der Waals surface area (Å²) in [5.41, 5.74) is 9.16. The molecule has 0 spiro atoms. The lowest BCUT2D eigenvalue weighted by Crippen LogP contribution is -2.47. The average Bonchev–Trinajstić information content (AvgIpc) is 3.09. The van der Waals surface area contributed by atoms with Crippen molar-refractivity contribution in [1.82, 2.24) is 15.5 Å². The topological polar surface area (TPSA) is 90.6 Å². The molecule has 214 valence electrons. The number of alkyl halides is 3. The molecular formula is C31H37F3N4O2. The van der Waals surface area contributed by atoms with Crippen LogP contribution in [0.15, 0.2) is 96.2 Å². The summed E-state index contributed by atoms with van der Waals surface area (Å²) in [6.45, 7) is 2.84. The van der Waals surface area contributed by atoms with Crippen LogP contribution < -0.4 is 16.4 Å². The number of nitrogens with two attached hydrogens (primary N) is 1. The summed E-state index contributed by atoms with van der Waals surface area (Å²) in [7, 11) is 0. The van der Waals surface area contributed by atoms with Crippen molar-refractivity contribution in [3.8, 4) is 0 Å². The molecule has 0 saturated carbocycles. The number of allylic oxidation sites excluding steroid dienone is 2. The number of amides is 1. The summed E-state index contributed by atoms with van der Waals surface area (Å²) >= 11 is 0. The Labute approximate surface area is 233 Å². The molecule has 0 fully saturated rings. The van der Waals surface area contributed by atoms with Crippen molar-refractivity contribution in [1.29, 1.82) is 0 Å². The maximum atomic E-state index is 13.6. The van der Waals surface area contributed by atoms with Gasteiger partial charge in [0.1, 0.15) is 12.3 Å². The highest BCUT2D eigenvalue weighted by Gasteiger charge is 2.42. The second kappa shape index (κ2) is 13.3. The van der Waals surface area contributed by atoms with Crippen molar-refractivity contribution in [3.63, 3.8) is 0 Å². The molecule has 0 saturated heterocycles. The van der Waals surface area contributed by atoms with Gasteiger partial charge in [-0.05, 0) is 41.7 Å². The Balaban J connectivity index is 1.47. The van der Waals surface area contributed by atoms with E-state index >= 15 is 0 Å². The lowest BCUT2D eigenvalue weighted by molar-refractivity contribution is -0.169. The highest BCUT2D eigenvalue weighted by molar-refractivity contribution is 5.83. The van der Waals surface area contributed by atoms with E-state index in [1.54, 1.807) is 0 Å². The fourth-order valence-electron chi connectivity index (χ4n) is 5.29. The van der Waals surface area contributed by atoms with Crippen molar-refractivity contribution in [2.45, 2.75) is 37.7 Å². The first kappa shape index (κ1) is 29.6. The van der Waals surface area contributed by atoms with Crippen molar-refractivity contribution in [3.05, 3.63) is 107 Å². The number of aliphatic hydroxyl groups is 1. The van der Waals surface area contributed by atoms with E-state index in [2.05, 4.69) is 34.9 Å². The molecule has 2 aromatic carbocycles. The minimum atomic E-state index is -4.33. The molecule has 40 heavy (non-hydrogen) atoms. The minimum absolute atomic E-state index is 0.0210. The minimum Gasteiger partial charge on any atom is -0.376 e. The van der Waals surface area contributed by atoms with Crippen LogP contribution in [0, 0.1) is 11.8 Å². The Morgan fingerprint density at radius 1 is 1.10 bits per heavy atom. The van der Waals surface area contributed by atoms with Crippen molar-refractivity contribution in [2.24, 2.45) is 17.6 Å². The molecule has 1 heterocycles. The highest BCUT2D eigenvalue weighted by Crippen LogP contribution is 2.37. The van der Waals surface area contributed by atoms with Gasteiger partial charge in [-0.3, -0.25) is 10.1 Å². The smallest absolute Gasteiger partial charge is 0.376 e. The number of nitrogens with one attached hydrogen (secondary N) is 2. The van der Waals surface area contributed by atoms with Gasteiger partial charge in [0.15, 0.2) is 0 Å². The van der Waals surface area contributed by atoms with E-state index in [1.165, 1.54) is 19.1 Å². The van der Waals surface area contributed by atoms with Gasteiger partial charge in [-0.1, -0.05) is 85.8 Å². The lowest BCUT2D eigenvalue weighted by Gasteiger charge is -2.29. The van der Waals surface area contributed by atoms with Crippen LogP contribution in [-0.2, 0) is 4.79 Å². The first-order valence-electron chi connectivity index (χ1n) is 13.6. The molecule has 9 heteroatoms. The van der Waals surface area contributed by atoms with Crippen molar-refractivity contribution in [2.75, 3.05) is 26.2 Å². The Hall–Kier alpha value is -3.40. The number of aliphatic hydroxyl groups excluding tert-OH is 1. The standard InChI is InChI=1S/C31H37F3N4O2/c1-21-18-24(12-13-27(21)31(32,33)34)29(39)36-19-25-15-17-38(30(40)28(37-25)14-16-35)20-26(22-8-4-2-5-9-22)23-10-6-3-7-11-23/h2-13,15,18,21,26-29,36-37,39H,14,16-17,19-20,35H2,1H3/t21?,27?,28-,29?/m0/s1. The molecule has 1 amide bonds. The number of hydrogen-bond donors (Lipinski definition) is 4. The zero-order chi connectivity index (χ0) is 28.7. The molecule has 2 aliphatic rings. The summed E-state index contributed by atoms with van der Waals surface area (Å²) in [5, 5.41) is 16.9. The average molecular weight is 555 g/mol. The van der Waals surface area contributed by atoms with Gasteiger partial charge in [0, 0.05) is 31.2 Å². The zero-order valence-corrected chi connectivity index (χ0v) is 22.5. The molecule has 2 aromatic rings. The number of nitrogens with zero attached hydrogens (tertiary/aromatic N) is 1. The van der Waals surface area contributed by atoms with Crippen LogP contribution in [0.4, 0.5) is 13.2 Å². The van der Waals surface area contributed by atoms with Gasteiger partial charge in [0.2, 0.25) is 5.91 Å². The second-order valence-electron chi connectivity index (χ2n) is 10.4. The maximum Gasteiger partial charge on any atom is 0.395 e. The normalized spacial score (nSPS) is 22.4. The Kier molecular flexibility index (Phi) is 9.84. The number of rotatable bonds is 10. The quantitative estimate of drug-likeness (QED) is 0.333. The summed E-state index contributed by atoms with van der Waals surface area (Å²) in [6, 6.07) is 19.6. The maximum absolute atomic E-state index is 13.6. The van der Waals surface area contributed by atoms with E-state index in [0.29, 0.717) is 37.3 Å². The SMILES string of the molecule is CC1C=C(C(O)NCC2=CCN(CC(c3ccccc3)c3ccccc3)C(=O)[C@H](CCN)N2)C=CC1C(F)(F)F. The largest absolute Gasteiger partial charge is 0.395 e. The lowest BCUT2D eigenvalue weighted by atomic mass is 9.86. The van der Waals surface area contributed by atoms with Crippen LogP contribution in [0.5, 0.6) is 0 Å². The van der Waals surface area contributed by atoms with E-state index in [0.717, 1.165) is 17.2 Å². The number of benzene rings is 2.